The Hall–Kier alpha value is -2.49. The van der Waals surface area contributed by atoms with Gasteiger partial charge in [-0.3, -0.25) is 4.79 Å². The second kappa shape index (κ2) is 9.52. The summed E-state index contributed by atoms with van der Waals surface area (Å²) < 4.78 is 28.7. The Morgan fingerprint density at radius 3 is 2.14 bits per heavy atom. The predicted octanol–water partition coefficient (Wildman–Crippen LogP) is 3.97. The molecule has 0 aliphatic carbocycles. The topological polar surface area (TPSA) is 73.8 Å². The van der Waals surface area contributed by atoms with Crippen LogP contribution in [0.3, 0.4) is 0 Å². The molecule has 5 rings (SSSR count). The predicted molar refractivity (Wildman–Crippen MR) is 141 cm³/mol. The number of rotatable bonds is 4. The summed E-state index contributed by atoms with van der Waals surface area (Å²) in [5.41, 5.74) is 4.55. The lowest BCUT2D eigenvalue weighted by atomic mass is 9.96. The van der Waals surface area contributed by atoms with E-state index in [-0.39, 0.29) is 11.8 Å². The SMILES string of the molecule is Cc1ccc(S(=O)(=O)N2CCC(C(=O)N3CCN(c4nc5c(C)ccc(C)c5s4)CC3)CC2)cc1. The van der Waals surface area contributed by atoms with Crippen LogP contribution < -0.4 is 4.90 Å². The lowest BCUT2D eigenvalue weighted by molar-refractivity contribution is -0.137. The standard InChI is InChI=1S/C26H32N4O3S2/c1-18-4-8-22(9-5-18)35(32,33)30-12-10-21(11-13-30)25(31)28-14-16-29(17-15-28)26-27-23-19(2)6-7-20(3)24(23)34-26/h4-9,21H,10-17H2,1-3H3. The van der Waals surface area contributed by atoms with Crippen molar-refractivity contribution in [3.8, 4) is 0 Å². The van der Waals surface area contributed by atoms with Crippen molar-refractivity contribution in [3.05, 3.63) is 53.1 Å². The number of sulfonamides is 1. The summed E-state index contributed by atoms with van der Waals surface area (Å²) in [7, 11) is -3.51. The molecule has 0 radical (unpaired) electrons. The molecule has 0 saturated carbocycles. The number of nitrogens with zero attached hydrogens (tertiary/aromatic N) is 4. The second-order valence-electron chi connectivity index (χ2n) is 9.68. The molecule has 1 amide bonds. The zero-order valence-electron chi connectivity index (χ0n) is 20.5. The van der Waals surface area contributed by atoms with Crippen molar-refractivity contribution in [2.75, 3.05) is 44.2 Å². The fourth-order valence-corrected chi connectivity index (χ4v) is 7.60. The van der Waals surface area contributed by atoms with Gasteiger partial charge < -0.3 is 9.80 Å². The van der Waals surface area contributed by atoms with E-state index in [9.17, 15) is 13.2 Å². The number of hydrogen-bond donors (Lipinski definition) is 0. The number of anilines is 1. The number of carbonyl (C=O) groups is 1. The highest BCUT2D eigenvalue weighted by Gasteiger charge is 2.35. The third-order valence-electron chi connectivity index (χ3n) is 7.25. The van der Waals surface area contributed by atoms with E-state index in [2.05, 4.69) is 30.9 Å². The molecule has 186 valence electrons. The fraction of sp³-hybridized carbons (Fsp3) is 0.462. The van der Waals surface area contributed by atoms with Crippen LogP contribution in [0.4, 0.5) is 5.13 Å². The first-order valence-electron chi connectivity index (χ1n) is 12.2. The van der Waals surface area contributed by atoms with Crippen LogP contribution in [0, 0.1) is 26.7 Å². The highest BCUT2D eigenvalue weighted by molar-refractivity contribution is 7.89. The molecule has 7 nitrogen and oxygen atoms in total. The van der Waals surface area contributed by atoms with Crippen molar-refractivity contribution in [2.24, 2.45) is 5.92 Å². The molecular formula is C26H32N4O3S2. The van der Waals surface area contributed by atoms with Gasteiger partial charge in [0, 0.05) is 45.2 Å². The van der Waals surface area contributed by atoms with Gasteiger partial charge in [-0.1, -0.05) is 41.2 Å². The number of aromatic nitrogens is 1. The van der Waals surface area contributed by atoms with E-state index in [4.69, 9.17) is 4.98 Å². The zero-order valence-corrected chi connectivity index (χ0v) is 22.2. The van der Waals surface area contributed by atoms with Crippen LogP contribution in [-0.4, -0.2) is 67.8 Å². The van der Waals surface area contributed by atoms with Gasteiger partial charge in [-0.15, -0.1) is 0 Å². The average molecular weight is 513 g/mol. The van der Waals surface area contributed by atoms with E-state index in [1.54, 1.807) is 23.5 Å². The zero-order chi connectivity index (χ0) is 24.7. The van der Waals surface area contributed by atoms with Crippen LogP contribution >= 0.6 is 11.3 Å². The third kappa shape index (κ3) is 4.69. The van der Waals surface area contributed by atoms with Gasteiger partial charge in [-0.2, -0.15) is 4.31 Å². The van der Waals surface area contributed by atoms with Gasteiger partial charge in [0.15, 0.2) is 5.13 Å². The molecule has 0 bridgehead atoms. The highest BCUT2D eigenvalue weighted by Crippen LogP contribution is 2.34. The largest absolute Gasteiger partial charge is 0.345 e. The molecule has 35 heavy (non-hydrogen) atoms. The third-order valence-corrected chi connectivity index (χ3v) is 10.4. The minimum Gasteiger partial charge on any atom is -0.345 e. The van der Waals surface area contributed by atoms with Crippen molar-refractivity contribution in [2.45, 2.75) is 38.5 Å². The Kier molecular flexibility index (Phi) is 6.59. The van der Waals surface area contributed by atoms with E-state index in [1.807, 2.05) is 24.0 Å². The maximum Gasteiger partial charge on any atom is 0.243 e. The molecule has 2 aromatic carbocycles. The maximum absolute atomic E-state index is 13.2. The second-order valence-corrected chi connectivity index (χ2v) is 12.6. The van der Waals surface area contributed by atoms with Gasteiger partial charge in [0.1, 0.15) is 0 Å². The Morgan fingerprint density at radius 1 is 0.886 bits per heavy atom. The first-order chi connectivity index (χ1) is 16.7. The summed E-state index contributed by atoms with van der Waals surface area (Å²) >= 11 is 1.73. The minimum atomic E-state index is -3.51. The van der Waals surface area contributed by atoms with E-state index < -0.39 is 10.0 Å². The normalized spacial score (nSPS) is 18.4. The van der Waals surface area contributed by atoms with Crippen molar-refractivity contribution >= 4 is 42.6 Å². The molecule has 0 atom stereocenters. The molecule has 2 fully saturated rings. The number of piperidine rings is 1. The Balaban J connectivity index is 1.17. The number of amides is 1. The molecule has 0 spiro atoms. The average Bonchev–Trinajstić information content (AvgIpc) is 3.33. The molecule has 9 heteroatoms. The van der Waals surface area contributed by atoms with Gasteiger partial charge in [0.2, 0.25) is 15.9 Å². The van der Waals surface area contributed by atoms with Crippen LogP contribution in [0.1, 0.15) is 29.5 Å². The lowest BCUT2D eigenvalue weighted by Gasteiger charge is -2.38. The monoisotopic (exact) mass is 512 g/mol. The molecule has 1 aromatic heterocycles. The summed E-state index contributed by atoms with van der Waals surface area (Å²) in [4.78, 5) is 22.7. The van der Waals surface area contributed by atoms with Crippen molar-refractivity contribution in [1.29, 1.82) is 0 Å². The van der Waals surface area contributed by atoms with Gasteiger partial charge >= 0.3 is 0 Å². The first kappa shape index (κ1) is 24.2. The Morgan fingerprint density at radius 2 is 1.51 bits per heavy atom. The van der Waals surface area contributed by atoms with Crippen LogP contribution in [0.5, 0.6) is 0 Å². The summed E-state index contributed by atoms with van der Waals surface area (Å²) in [5, 5.41) is 1.03. The van der Waals surface area contributed by atoms with Crippen LogP contribution in [0.2, 0.25) is 0 Å². The molecule has 2 aliphatic rings. The minimum absolute atomic E-state index is 0.112. The Labute approximate surface area is 211 Å². The number of hydrogen-bond acceptors (Lipinski definition) is 6. The smallest absolute Gasteiger partial charge is 0.243 e. The lowest BCUT2D eigenvalue weighted by Crippen LogP contribution is -2.52. The summed E-state index contributed by atoms with van der Waals surface area (Å²) in [6.45, 7) is 9.82. The van der Waals surface area contributed by atoms with Crippen molar-refractivity contribution in [1.82, 2.24) is 14.2 Å². The molecule has 0 unspecified atom stereocenters. The number of benzene rings is 2. The van der Waals surface area contributed by atoms with Gasteiger partial charge in [0.25, 0.3) is 0 Å². The van der Waals surface area contributed by atoms with Crippen LogP contribution in [0.25, 0.3) is 10.2 Å². The number of aryl methyl sites for hydroxylation is 3. The van der Waals surface area contributed by atoms with Crippen LogP contribution in [0.15, 0.2) is 41.3 Å². The summed E-state index contributed by atoms with van der Waals surface area (Å²) in [6, 6.07) is 11.2. The van der Waals surface area contributed by atoms with E-state index >= 15 is 0 Å². The van der Waals surface area contributed by atoms with E-state index in [0.29, 0.717) is 43.9 Å². The Bertz CT molecular complexity index is 1300. The quantitative estimate of drug-likeness (QED) is 0.529. The summed E-state index contributed by atoms with van der Waals surface area (Å²) in [6.07, 6.45) is 1.14. The van der Waals surface area contributed by atoms with Gasteiger partial charge in [-0.05, 0) is 56.9 Å². The highest BCUT2D eigenvalue weighted by atomic mass is 32.2. The van der Waals surface area contributed by atoms with Crippen molar-refractivity contribution < 1.29 is 13.2 Å². The molecule has 3 aromatic rings. The number of piperazine rings is 1. The van der Waals surface area contributed by atoms with Gasteiger partial charge in [-0.25, -0.2) is 13.4 Å². The fourth-order valence-electron chi connectivity index (χ4n) is 4.96. The van der Waals surface area contributed by atoms with Crippen molar-refractivity contribution in [3.63, 3.8) is 0 Å². The number of fused-ring (bicyclic) bond motifs is 1. The summed E-state index contributed by atoms with van der Waals surface area (Å²) in [5.74, 6) is 0.0480. The first-order valence-corrected chi connectivity index (χ1v) is 14.5. The van der Waals surface area contributed by atoms with Gasteiger partial charge in [0.05, 0.1) is 15.1 Å². The maximum atomic E-state index is 13.2. The molecule has 0 N–H and O–H groups in total. The molecule has 3 heterocycles. The van der Waals surface area contributed by atoms with E-state index in [0.717, 1.165) is 29.3 Å². The number of carbonyl (C=O) groups excluding carboxylic acids is 1. The number of thiazole rings is 1. The van der Waals surface area contributed by atoms with E-state index in [1.165, 1.54) is 20.1 Å². The van der Waals surface area contributed by atoms with Crippen LogP contribution in [-0.2, 0) is 14.8 Å². The molecular weight excluding hydrogens is 480 g/mol. The molecule has 2 aliphatic heterocycles. The molecule has 2 saturated heterocycles.